The zero-order valence-corrected chi connectivity index (χ0v) is 8.00. The Bertz CT molecular complexity index is 426. The molecule has 0 heterocycles. The van der Waals surface area contributed by atoms with Crippen molar-refractivity contribution in [3.8, 4) is 0 Å². The first-order chi connectivity index (χ1) is 6.10. The summed E-state index contributed by atoms with van der Waals surface area (Å²) in [7, 11) is -3.73. The van der Waals surface area contributed by atoms with Crippen LogP contribution in [0.1, 0.15) is 12.5 Å². The molecule has 4 heteroatoms. The second-order valence-corrected chi connectivity index (χ2v) is 4.17. The van der Waals surface area contributed by atoms with Crippen LogP contribution in [0.3, 0.4) is 0 Å². The van der Waals surface area contributed by atoms with Gasteiger partial charge in [-0.05, 0) is 24.1 Å². The third-order valence-electron chi connectivity index (χ3n) is 1.75. The number of sulfonamides is 1. The second kappa shape index (κ2) is 3.58. The van der Waals surface area contributed by atoms with Gasteiger partial charge < -0.3 is 0 Å². The summed E-state index contributed by atoms with van der Waals surface area (Å²) in [5, 5.41) is 0. The Balaban J connectivity index is 3.16. The van der Waals surface area contributed by atoms with Gasteiger partial charge in [0.25, 0.3) is 0 Å². The molecular weight excluding hydrogens is 186 g/mol. The molecule has 0 aromatic heterocycles. The lowest BCUT2D eigenvalue weighted by atomic mass is 10.2. The van der Waals surface area contributed by atoms with E-state index in [1.807, 2.05) is 6.92 Å². The topological polar surface area (TPSA) is 38.5 Å². The molecule has 0 aliphatic carbocycles. The Labute approximate surface area is 77.9 Å². The molecule has 0 aliphatic rings. The molecule has 0 N–H and O–H groups in total. The Kier molecular flexibility index (Phi) is 2.69. The standard InChI is InChI=1S/C9H9NO2S/c1-3-8-4-6-9(7-5-8)13(11,12)10-2/h4-7H,3H2,1H3. The van der Waals surface area contributed by atoms with Gasteiger partial charge in [0.1, 0.15) is 4.90 Å². The molecule has 1 aromatic carbocycles. The van der Waals surface area contributed by atoms with Crippen LogP contribution >= 0.6 is 0 Å². The number of rotatable bonds is 2. The van der Waals surface area contributed by atoms with E-state index in [1.165, 1.54) is 12.1 Å². The van der Waals surface area contributed by atoms with Gasteiger partial charge in [-0.1, -0.05) is 19.1 Å². The smallest absolute Gasteiger partial charge is 0.206 e. The molecule has 1 rings (SSSR count). The van der Waals surface area contributed by atoms with Crippen molar-refractivity contribution in [1.82, 2.24) is 0 Å². The van der Waals surface area contributed by atoms with E-state index in [4.69, 9.17) is 6.57 Å². The minimum atomic E-state index is -3.73. The molecule has 0 atom stereocenters. The van der Waals surface area contributed by atoms with Crippen LogP contribution in [-0.4, -0.2) is 8.42 Å². The van der Waals surface area contributed by atoms with Crippen molar-refractivity contribution in [2.75, 3.05) is 0 Å². The number of hydrogen-bond acceptors (Lipinski definition) is 2. The van der Waals surface area contributed by atoms with Crippen LogP contribution in [0.5, 0.6) is 0 Å². The quantitative estimate of drug-likeness (QED) is 0.675. The number of benzene rings is 1. The van der Waals surface area contributed by atoms with Crippen molar-refractivity contribution in [1.29, 1.82) is 0 Å². The normalized spacial score (nSPS) is 10.8. The maximum absolute atomic E-state index is 11.0. The van der Waals surface area contributed by atoms with Gasteiger partial charge in [0.15, 0.2) is 0 Å². The highest BCUT2D eigenvalue weighted by atomic mass is 32.2. The SMILES string of the molecule is [C-]#[N+]S(=O)(=O)c1ccc(CC)cc1. The van der Waals surface area contributed by atoms with Gasteiger partial charge in [-0.15, -0.1) is 8.42 Å². The summed E-state index contributed by atoms with van der Waals surface area (Å²) in [5.74, 6) is 0. The lowest BCUT2D eigenvalue weighted by Gasteiger charge is -1.95. The maximum atomic E-state index is 11.0. The van der Waals surface area contributed by atoms with Crippen molar-refractivity contribution in [2.24, 2.45) is 0 Å². The molecule has 0 unspecified atom stereocenters. The Hall–Kier alpha value is -1.34. The summed E-state index contributed by atoms with van der Waals surface area (Å²) in [4.78, 5) is 0.0692. The van der Waals surface area contributed by atoms with Gasteiger partial charge in [0.05, 0.1) is 0 Å². The zero-order valence-electron chi connectivity index (χ0n) is 7.19. The van der Waals surface area contributed by atoms with Crippen molar-refractivity contribution >= 4 is 10.0 Å². The molecule has 0 spiro atoms. The first-order valence-corrected chi connectivity index (χ1v) is 5.27. The highest BCUT2D eigenvalue weighted by Gasteiger charge is 2.17. The zero-order chi connectivity index (χ0) is 9.90. The Morgan fingerprint density at radius 2 is 1.85 bits per heavy atom. The average molecular weight is 195 g/mol. The minimum Gasteiger partial charge on any atom is -0.206 e. The van der Waals surface area contributed by atoms with Gasteiger partial charge in [-0.2, -0.15) is 4.25 Å². The molecule has 1 aromatic rings. The third-order valence-corrected chi connectivity index (χ3v) is 2.86. The van der Waals surface area contributed by atoms with Crippen molar-refractivity contribution in [3.63, 3.8) is 0 Å². The third kappa shape index (κ3) is 2.07. The maximum Gasteiger partial charge on any atom is 0.468 e. The first-order valence-electron chi connectivity index (χ1n) is 3.83. The van der Waals surface area contributed by atoms with E-state index in [9.17, 15) is 8.42 Å². The van der Waals surface area contributed by atoms with E-state index in [2.05, 4.69) is 4.25 Å². The van der Waals surface area contributed by atoms with Crippen LogP contribution in [0.2, 0.25) is 0 Å². The molecule has 0 aliphatic heterocycles. The average Bonchev–Trinajstić information content (AvgIpc) is 2.18. The highest BCUT2D eigenvalue weighted by molar-refractivity contribution is 7.93. The molecule has 0 amide bonds. The summed E-state index contributed by atoms with van der Waals surface area (Å²) in [6.45, 7) is 8.46. The van der Waals surface area contributed by atoms with Crippen molar-refractivity contribution in [2.45, 2.75) is 18.2 Å². The Morgan fingerprint density at radius 3 is 2.23 bits per heavy atom. The van der Waals surface area contributed by atoms with Gasteiger partial charge in [-0.25, -0.2) is 6.57 Å². The number of aryl methyl sites for hydroxylation is 1. The number of nitrogens with zero attached hydrogens (tertiary/aromatic N) is 1. The van der Waals surface area contributed by atoms with E-state index in [0.717, 1.165) is 12.0 Å². The van der Waals surface area contributed by atoms with Crippen molar-refractivity contribution in [3.05, 3.63) is 40.7 Å². The fraction of sp³-hybridized carbons (Fsp3) is 0.222. The van der Waals surface area contributed by atoms with Crippen LogP contribution in [0.4, 0.5) is 0 Å². The first kappa shape index (κ1) is 9.75. The number of hydrogen-bond donors (Lipinski definition) is 0. The van der Waals surface area contributed by atoms with E-state index in [-0.39, 0.29) is 4.90 Å². The molecule has 68 valence electrons. The molecule has 0 saturated heterocycles. The highest BCUT2D eigenvalue weighted by Crippen LogP contribution is 2.13. The van der Waals surface area contributed by atoms with Gasteiger partial charge in [0.2, 0.25) is 0 Å². The van der Waals surface area contributed by atoms with E-state index >= 15 is 0 Å². The van der Waals surface area contributed by atoms with Gasteiger partial charge >= 0.3 is 10.0 Å². The lowest BCUT2D eigenvalue weighted by Crippen LogP contribution is -1.93. The Morgan fingerprint density at radius 1 is 1.31 bits per heavy atom. The predicted molar refractivity (Wildman–Crippen MR) is 49.6 cm³/mol. The fourth-order valence-corrected chi connectivity index (χ4v) is 1.54. The largest absolute Gasteiger partial charge is 0.468 e. The van der Waals surface area contributed by atoms with E-state index in [0.29, 0.717) is 0 Å². The summed E-state index contributed by atoms with van der Waals surface area (Å²) in [5.41, 5.74) is 1.06. The van der Waals surface area contributed by atoms with Crippen LogP contribution in [0.25, 0.3) is 4.25 Å². The summed E-state index contributed by atoms with van der Waals surface area (Å²) in [6.07, 6.45) is 0.859. The lowest BCUT2D eigenvalue weighted by molar-refractivity contribution is 0.604. The predicted octanol–water partition coefficient (Wildman–Crippen LogP) is 1.86. The van der Waals surface area contributed by atoms with Gasteiger partial charge in [0, 0.05) is 0 Å². The fourth-order valence-electron chi connectivity index (χ4n) is 0.950. The minimum absolute atomic E-state index is 0.0692. The van der Waals surface area contributed by atoms with E-state index < -0.39 is 10.0 Å². The van der Waals surface area contributed by atoms with Crippen LogP contribution in [0.15, 0.2) is 29.2 Å². The molecule has 0 radical (unpaired) electrons. The summed E-state index contributed by atoms with van der Waals surface area (Å²) >= 11 is 0. The summed E-state index contributed by atoms with van der Waals surface area (Å²) < 4.78 is 24.7. The molecular formula is C9H9NO2S. The van der Waals surface area contributed by atoms with Gasteiger partial charge in [-0.3, -0.25) is 0 Å². The van der Waals surface area contributed by atoms with Crippen LogP contribution in [0, 0.1) is 6.57 Å². The second-order valence-electron chi connectivity index (χ2n) is 2.56. The molecule has 0 bridgehead atoms. The van der Waals surface area contributed by atoms with E-state index in [1.54, 1.807) is 12.1 Å². The molecule has 0 saturated carbocycles. The molecule has 0 fully saturated rings. The molecule has 13 heavy (non-hydrogen) atoms. The monoisotopic (exact) mass is 195 g/mol. The van der Waals surface area contributed by atoms with Crippen LogP contribution < -0.4 is 0 Å². The summed E-state index contributed by atoms with van der Waals surface area (Å²) in [6, 6.07) is 6.37. The molecule has 3 nitrogen and oxygen atoms in total. The van der Waals surface area contributed by atoms with Crippen molar-refractivity contribution < 1.29 is 8.42 Å². The van der Waals surface area contributed by atoms with Crippen LogP contribution in [-0.2, 0) is 16.4 Å².